The lowest BCUT2D eigenvalue weighted by Gasteiger charge is -2.57. The van der Waals surface area contributed by atoms with Gasteiger partial charge in [-0.1, -0.05) is 0 Å². The molecule has 0 radical (unpaired) electrons. The molecule has 3 nitrogen and oxygen atoms in total. The summed E-state index contributed by atoms with van der Waals surface area (Å²) in [5, 5.41) is 0. The highest BCUT2D eigenvalue weighted by Crippen LogP contribution is 2.62. The quantitative estimate of drug-likeness (QED) is 0.641. The fourth-order valence-electron chi connectivity index (χ4n) is 8.69. The van der Waals surface area contributed by atoms with Crippen LogP contribution >= 0.6 is 8.25 Å². The molecule has 4 heteroatoms. The Kier molecular flexibility index (Phi) is 3.24. The van der Waals surface area contributed by atoms with E-state index < -0.39 is 8.25 Å². The van der Waals surface area contributed by atoms with Gasteiger partial charge in [0.15, 0.2) is 0 Å². The normalized spacial score (nSPS) is 58.3. The van der Waals surface area contributed by atoms with Crippen LogP contribution in [0.3, 0.4) is 0 Å². The molecule has 0 saturated heterocycles. The van der Waals surface area contributed by atoms with E-state index in [1.807, 2.05) is 0 Å². The van der Waals surface area contributed by atoms with E-state index >= 15 is 0 Å². The van der Waals surface area contributed by atoms with Crippen molar-refractivity contribution in [3.8, 4) is 0 Å². The summed E-state index contributed by atoms with van der Waals surface area (Å²) in [6.45, 7) is 0. The Hall–Kier alpha value is 0.150. The molecule has 0 heterocycles. The van der Waals surface area contributed by atoms with Gasteiger partial charge in [0.05, 0.1) is 11.2 Å². The van der Waals surface area contributed by atoms with Crippen LogP contribution in [0.5, 0.6) is 0 Å². The lowest BCUT2D eigenvalue weighted by Crippen LogP contribution is -2.52. The van der Waals surface area contributed by atoms with Crippen LogP contribution in [-0.2, 0) is 13.6 Å². The zero-order valence-corrected chi connectivity index (χ0v) is 15.7. The topological polar surface area (TPSA) is 35.5 Å². The van der Waals surface area contributed by atoms with Crippen LogP contribution in [0.4, 0.5) is 0 Å². The maximum Gasteiger partial charge on any atom is 0.320 e. The van der Waals surface area contributed by atoms with Gasteiger partial charge in [-0.3, -0.25) is 4.57 Å². The SMILES string of the molecule is O=[PH](OC12CC3CC(CC(C3)C1)C2)OC12CC3CC(CC(C3)C1)C2. The fraction of sp³-hybridized carbons (Fsp3) is 1.00. The summed E-state index contributed by atoms with van der Waals surface area (Å²) in [6.07, 6.45) is 15.3. The van der Waals surface area contributed by atoms with Crippen LogP contribution in [0, 0.1) is 35.5 Å². The molecule has 8 saturated carbocycles. The van der Waals surface area contributed by atoms with Gasteiger partial charge in [-0.25, -0.2) is 0 Å². The zero-order valence-electron chi connectivity index (χ0n) is 14.7. The van der Waals surface area contributed by atoms with Crippen molar-refractivity contribution in [1.29, 1.82) is 0 Å². The van der Waals surface area contributed by atoms with Gasteiger partial charge in [0, 0.05) is 0 Å². The van der Waals surface area contributed by atoms with Crippen LogP contribution in [0.1, 0.15) is 77.0 Å². The second kappa shape index (κ2) is 5.11. The highest BCUT2D eigenvalue weighted by Gasteiger charge is 2.55. The monoisotopic (exact) mass is 350 g/mol. The van der Waals surface area contributed by atoms with Crippen molar-refractivity contribution >= 4 is 8.25 Å². The summed E-state index contributed by atoms with van der Waals surface area (Å²) in [5.41, 5.74) is -0.153. The van der Waals surface area contributed by atoms with Crippen molar-refractivity contribution in [3.63, 3.8) is 0 Å². The van der Waals surface area contributed by atoms with Crippen molar-refractivity contribution < 1.29 is 13.6 Å². The molecule has 8 aliphatic carbocycles. The van der Waals surface area contributed by atoms with Gasteiger partial charge < -0.3 is 9.05 Å². The van der Waals surface area contributed by atoms with Gasteiger partial charge in [-0.15, -0.1) is 0 Å². The Bertz CT molecular complexity index is 453. The maximum atomic E-state index is 13.0. The molecule has 0 aromatic rings. The van der Waals surface area contributed by atoms with Gasteiger partial charge in [0.25, 0.3) is 0 Å². The molecule has 0 unspecified atom stereocenters. The number of hydrogen-bond acceptors (Lipinski definition) is 3. The lowest BCUT2D eigenvalue weighted by molar-refractivity contribution is -0.135. The highest BCUT2D eigenvalue weighted by molar-refractivity contribution is 7.33. The molecule has 8 fully saturated rings. The largest absolute Gasteiger partial charge is 0.320 e. The minimum absolute atomic E-state index is 0.0763. The first-order chi connectivity index (χ1) is 11.6. The summed E-state index contributed by atoms with van der Waals surface area (Å²) in [4.78, 5) is 0. The van der Waals surface area contributed by atoms with E-state index in [2.05, 4.69) is 0 Å². The van der Waals surface area contributed by atoms with Gasteiger partial charge >= 0.3 is 8.25 Å². The van der Waals surface area contributed by atoms with Gasteiger partial charge in [0.2, 0.25) is 0 Å². The predicted octanol–water partition coefficient (Wildman–Crippen LogP) is 5.35. The number of hydrogen-bond donors (Lipinski definition) is 0. The number of rotatable bonds is 4. The van der Waals surface area contributed by atoms with Crippen molar-refractivity contribution in [2.75, 3.05) is 0 Å². The summed E-state index contributed by atoms with van der Waals surface area (Å²) in [7, 11) is -2.36. The van der Waals surface area contributed by atoms with Gasteiger partial charge in [-0.2, -0.15) is 0 Å². The van der Waals surface area contributed by atoms with E-state index in [1.165, 1.54) is 38.5 Å². The van der Waals surface area contributed by atoms with Crippen molar-refractivity contribution in [2.24, 2.45) is 35.5 Å². The lowest BCUT2D eigenvalue weighted by atomic mass is 9.54. The molecule has 8 rings (SSSR count). The highest BCUT2D eigenvalue weighted by atomic mass is 31.1. The third-order valence-electron chi connectivity index (χ3n) is 8.56. The van der Waals surface area contributed by atoms with E-state index in [0.717, 1.165) is 74.0 Å². The first kappa shape index (κ1) is 15.2. The Morgan fingerprint density at radius 2 is 0.792 bits per heavy atom. The molecule has 0 aromatic carbocycles. The average molecular weight is 350 g/mol. The second-order valence-electron chi connectivity index (χ2n) is 10.7. The molecular weight excluding hydrogens is 319 g/mol. The molecule has 8 bridgehead atoms. The Morgan fingerprint density at radius 3 is 1.04 bits per heavy atom. The summed E-state index contributed by atoms with van der Waals surface area (Å²) in [5.74, 6) is 5.03. The molecule has 24 heavy (non-hydrogen) atoms. The zero-order chi connectivity index (χ0) is 15.9. The molecule has 0 N–H and O–H groups in total. The first-order valence-corrected chi connectivity index (χ1v) is 11.7. The van der Waals surface area contributed by atoms with E-state index in [9.17, 15) is 4.57 Å². The van der Waals surface area contributed by atoms with E-state index in [0.29, 0.717) is 0 Å². The average Bonchev–Trinajstić information content (AvgIpc) is 2.42. The Balaban J connectivity index is 1.17. The Morgan fingerprint density at radius 1 is 0.542 bits per heavy atom. The molecule has 0 aliphatic heterocycles. The summed E-state index contributed by atoms with van der Waals surface area (Å²) >= 11 is 0. The summed E-state index contributed by atoms with van der Waals surface area (Å²) in [6, 6.07) is 0. The van der Waals surface area contributed by atoms with E-state index in [-0.39, 0.29) is 11.2 Å². The fourth-order valence-corrected chi connectivity index (χ4v) is 9.94. The molecule has 0 amide bonds. The standard InChI is InChI=1S/C20H31O3P/c21-24(22-19-7-13-1-14(8-19)3-15(2-13)9-19)23-20-10-16-4-17(11-20)6-18(5-16)12-20/h13-18,24H,1-12H2. The van der Waals surface area contributed by atoms with Crippen LogP contribution in [0.2, 0.25) is 0 Å². The Labute approximate surface area is 146 Å². The third-order valence-corrected chi connectivity index (χ3v) is 9.76. The maximum absolute atomic E-state index is 13.0. The van der Waals surface area contributed by atoms with Crippen LogP contribution in [0.25, 0.3) is 0 Å². The first-order valence-electron chi connectivity index (χ1n) is 10.5. The molecule has 0 spiro atoms. The smallest absolute Gasteiger partial charge is 0.304 e. The van der Waals surface area contributed by atoms with E-state index in [1.54, 1.807) is 0 Å². The minimum atomic E-state index is -2.36. The minimum Gasteiger partial charge on any atom is -0.304 e. The summed E-state index contributed by atoms with van der Waals surface area (Å²) < 4.78 is 25.6. The molecule has 8 aliphatic rings. The third kappa shape index (κ3) is 2.41. The van der Waals surface area contributed by atoms with Crippen LogP contribution < -0.4 is 0 Å². The van der Waals surface area contributed by atoms with Gasteiger partial charge in [-0.05, 0) is 113 Å². The van der Waals surface area contributed by atoms with Gasteiger partial charge in [0.1, 0.15) is 0 Å². The van der Waals surface area contributed by atoms with Crippen molar-refractivity contribution in [3.05, 3.63) is 0 Å². The molecule has 0 atom stereocenters. The predicted molar refractivity (Wildman–Crippen MR) is 93.0 cm³/mol. The van der Waals surface area contributed by atoms with Crippen LogP contribution in [-0.4, -0.2) is 11.2 Å². The van der Waals surface area contributed by atoms with Crippen molar-refractivity contribution in [2.45, 2.75) is 88.3 Å². The molecule has 0 aromatic heterocycles. The van der Waals surface area contributed by atoms with Crippen molar-refractivity contribution in [1.82, 2.24) is 0 Å². The molecular formula is C20H31O3P. The molecule has 134 valence electrons. The van der Waals surface area contributed by atoms with Crippen LogP contribution in [0.15, 0.2) is 0 Å². The van der Waals surface area contributed by atoms with E-state index in [4.69, 9.17) is 9.05 Å². The second-order valence-corrected chi connectivity index (χ2v) is 11.6.